The Morgan fingerprint density at radius 2 is 2.12 bits per heavy atom. The van der Waals surface area contributed by atoms with Crippen molar-refractivity contribution in [1.29, 1.82) is 0 Å². The van der Waals surface area contributed by atoms with Gasteiger partial charge in [0.1, 0.15) is 0 Å². The predicted octanol–water partition coefficient (Wildman–Crippen LogP) is 4.16. The number of halogens is 2. The van der Waals surface area contributed by atoms with E-state index in [2.05, 4.69) is 21.2 Å². The first kappa shape index (κ1) is 12.1. The molecule has 0 aliphatic rings. The van der Waals surface area contributed by atoms with Crippen LogP contribution in [0.5, 0.6) is 0 Å². The van der Waals surface area contributed by atoms with Crippen molar-refractivity contribution in [3.05, 3.63) is 42.1 Å². The number of thiophene rings is 2. The third kappa shape index (κ3) is 3.07. The van der Waals surface area contributed by atoms with Gasteiger partial charge in [-0.3, -0.25) is 4.79 Å². The zero-order chi connectivity index (χ0) is 11.5. The van der Waals surface area contributed by atoms with E-state index in [1.165, 1.54) is 22.7 Å². The van der Waals surface area contributed by atoms with Gasteiger partial charge in [-0.15, -0.1) is 22.7 Å². The molecule has 0 atom stereocenters. The number of hydrogen-bond acceptors (Lipinski definition) is 3. The number of carbonyl (C=O) groups excluding carboxylic acids is 1. The lowest BCUT2D eigenvalue weighted by atomic mass is 10.4. The number of carbonyl (C=O) groups is 1. The molecule has 0 aromatic carbocycles. The minimum absolute atomic E-state index is 0.0553. The zero-order valence-corrected chi connectivity index (χ0v) is 12.0. The largest absolute Gasteiger partial charge is 0.346 e. The van der Waals surface area contributed by atoms with Crippen molar-refractivity contribution >= 4 is 56.1 Å². The Morgan fingerprint density at radius 3 is 2.69 bits per heavy atom. The third-order valence-electron chi connectivity index (χ3n) is 1.85. The Balaban J connectivity index is 1.93. The van der Waals surface area contributed by atoms with Gasteiger partial charge in [-0.25, -0.2) is 0 Å². The fraction of sp³-hybridized carbons (Fsp3) is 0.100. The van der Waals surface area contributed by atoms with Gasteiger partial charge in [0.05, 0.1) is 19.5 Å². The lowest BCUT2D eigenvalue weighted by Gasteiger charge is -2.00. The van der Waals surface area contributed by atoms with E-state index in [4.69, 9.17) is 11.6 Å². The van der Waals surface area contributed by atoms with Crippen LogP contribution in [0.2, 0.25) is 4.34 Å². The number of hydrogen-bond donors (Lipinski definition) is 1. The summed E-state index contributed by atoms with van der Waals surface area (Å²) >= 11 is 12.0. The molecule has 2 nitrogen and oxygen atoms in total. The monoisotopic (exact) mass is 335 g/mol. The lowest BCUT2D eigenvalue weighted by molar-refractivity contribution is 0.0955. The molecular formula is C10H7BrClNOS2. The lowest BCUT2D eigenvalue weighted by Crippen LogP contribution is -2.21. The van der Waals surface area contributed by atoms with Gasteiger partial charge in [-0.1, -0.05) is 11.6 Å². The van der Waals surface area contributed by atoms with Gasteiger partial charge in [-0.05, 0) is 40.2 Å². The van der Waals surface area contributed by atoms with Crippen molar-refractivity contribution in [2.24, 2.45) is 0 Å². The highest BCUT2D eigenvalue weighted by Crippen LogP contribution is 2.23. The first-order valence-electron chi connectivity index (χ1n) is 4.43. The van der Waals surface area contributed by atoms with E-state index in [1.54, 1.807) is 6.07 Å². The Bertz CT molecular complexity index is 508. The standard InChI is InChI=1S/C10H7BrClNOS2/c11-8-3-2-7(16-8)10(14)13-5-6-1-4-9(12)15-6/h1-4H,5H2,(H,13,14). The molecular weight excluding hydrogens is 330 g/mol. The van der Waals surface area contributed by atoms with Crippen LogP contribution >= 0.6 is 50.2 Å². The van der Waals surface area contributed by atoms with Crippen LogP contribution in [-0.2, 0) is 6.54 Å². The van der Waals surface area contributed by atoms with Crippen LogP contribution in [0.25, 0.3) is 0 Å². The smallest absolute Gasteiger partial charge is 0.261 e. The average Bonchev–Trinajstić information content (AvgIpc) is 2.84. The van der Waals surface area contributed by atoms with Gasteiger partial charge in [0, 0.05) is 4.88 Å². The van der Waals surface area contributed by atoms with Gasteiger partial charge in [-0.2, -0.15) is 0 Å². The second-order valence-corrected chi connectivity index (χ2v) is 7.25. The van der Waals surface area contributed by atoms with Crippen LogP contribution in [-0.4, -0.2) is 5.91 Å². The maximum atomic E-state index is 11.7. The summed E-state index contributed by atoms with van der Waals surface area (Å²) in [4.78, 5) is 13.4. The zero-order valence-electron chi connectivity index (χ0n) is 8.00. The van der Waals surface area contributed by atoms with E-state index in [9.17, 15) is 4.79 Å². The van der Waals surface area contributed by atoms with E-state index in [-0.39, 0.29) is 5.91 Å². The molecule has 2 aromatic heterocycles. The van der Waals surface area contributed by atoms with Gasteiger partial charge in [0.15, 0.2) is 0 Å². The van der Waals surface area contributed by atoms with Crippen LogP contribution in [0.15, 0.2) is 28.1 Å². The van der Waals surface area contributed by atoms with E-state index in [0.717, 1.165) is 13.0 Å². The quantitative estimate of drug-likeness (QED) is 0.896. The second kappa shape index (κ2) is 5.31. The highest BCUT2D eigenvalue weighted by molar-refractivity contribution is 9.11. The molecule has 0 radical (unpaired) electrons. The first-order chi connectivity index (χ1) is 7.65. The molecule has 0 aliphatic heterocycles. The fourth-order valence-corrected chi connectivity index (χ4v) is 3.47. The van der Waals surface area contributed by atoms with E-state index < -0.39 is 0 Å². The molecule has 16 heavy (non-hydrogen) atoms. The molecule has 6 heteroatoms. The van der Waals surface area contributed by atoms with Gasteiger partial charge < -0.3 is 5.32 Å². The van der Waals surface area contributed by atoms with Crippen LogP contribution in [0.1, 0.15) is 14.5 Å². The van der Waals surface area contributed by atoms with Gasteiger partial charge in [0.2, 0.25) is 0 Å². The summed E-state index contributed by atoms with van der Waals surface area (Å²) in [5, 5.41) is 2.84. The molecule has 1 N–H and O–H groups in total. The van der Waals surface area contributed by atoms with Crippen LogP contribution in [0, 0.1) is 0 Å². The third-order valence-corrected chi connectivity index (χ3v) is 4.70. The fourth-order valence-electron chi connectivity index (χ4n) is 1.14. The molecule has 1 amide bonds. The normalized spacial score (nSPS) is 10.4. The molecule has 0 saturated heterocycles. The van der Waals surface area contributed by atoms with Crippen LogP contribution < -0.4 is 5.32 Å². The number of rotatable bonds is 3. The van der Waals surface area contributed by atoms with Crippen molar-refractivity contribution in [2.45, 2.75) is 6.54 Å². The average molecular weight is 337 g/mol. The summed E-state index contributed by atoms with van der Waals surface area (Å²) in [7, 11) is 0. The molecule has 0 fully saturated rings. The molecule has 2 aromatic rings. The molecule has 0 aliphatic carbocycles. The molecule has 2 heterocycles. The Morgan fingerprint density at radius 1 is 1.31 bits per heavy atom. The summed E-state index contributed by atoms with van der Waals surface area (Å²) in [5.74, 6) is -0.0553. The summed E-state index contributed by atoms with van der Waals surface area (Å²) < 4.78 is 1.69. The maximum absolute atomic E-state index is 11.7. The van der Waals surface area contributed by atoms with Crippen molar-refractivity contribution in [3.63, 3.8) is 0 Å². The Labute approximate surface area is 114 Å². The minimum atomic E-state index is -0.0553. The Hall–Kier alpha value is -0.360. The molecule has 0 saturated carbocycles. The Kier molecular flexibility index (Phi) is 4.02. The topological polar surface area (TPSA) is 29.1 Å². The van der Waals surface area contributed by atoms with E-state index >= 15 is 0 Å². The highest BCUT2D eigenvalue weighted by atomic mass is 79.9. The SMILES string of the molecule is O=C(NCc1ccc(Cl)s1)c1ccc(Br)s1. The number of amides is 1. The second-order valence-electron chi connectivity index (χ2n) is 2.99. The molecule has 84 valence electrons. The van der Waals surface area contributed by atoms with Crippen molar-refractivity contribution in [2.75, 3.05) is 0 Å². The van der Waals surface area contributed by atoms with Crippen molar-refractivity contribution < 1.29 is 4.79 Å². The summed E-state index contributed by atoms with van der Waals surface area (Å²) in [6.07, 6.45) is 0. The minimum Gasteiger partial charge on any atom is -0.346 e. The molecule has 0 bridgehead atoms. The van der Waals surface area contributed by atoms with Crippen molar-refractivity contribution in [1.82, 2.24) is 5.32 Å². The molecule has 2 rings (SSSR count). The molecule has 0 unspecified atom stereocenters. The van der Waals surface area contributed by atoms with E-state index in [1.807, 2.05) is 18.2 Å². The summed E-state index contributed by atoms with van der Waals surface area (Å²) in [5.41, 5.74) is 0. The van der Waals surface area contributed by atoms with Crippen LogP contribution in [0.3, 0.4) is 0 Å². The maximum Gasteiger partial charge on any atom is 0.261 e. The van der Waals surface area contributed by atoms with Gasteiger partial charge >= 0.3 is 0 Å². The number of nitrogens with one attached hydrogen (secondary N) is 1. The first-order valence-corrected chi connectivity index (χ1v) is 7.23. The van der Waals surface area contributed by atoms with E-state index in [0.29, 0.717) is 11.4 Å². The van der Waals surface area contributed by atoms with Gasteiger partial charge in [0.25, 0.3) is 5.91 Å². The predicted molar refractivity (Wildman–Crippen MR) is 72.5 cm³/mol. The summed E-state index contributed by atoms with van der Waals surface area (Å²) in [6, 6.07) is 7.40. The highest BCUT2D eigenvalue weighted by Gasteiger charge is 2.08. The molecule has 0 spiro atoms. The summed E-state index contributed by atoms with van der Waals surface area (Å²) in [6.45, 7) is 0.520. The van der Waals surface area contributed by atoms with Crippen molar-refractivity contribution in [3.8, 4) is 0 Å². The van der Waals surface area contributed by atoms with Crippen LogP contribution in [0.4, 0.5) is 0 Å².